The molecule has 98 valence electrons. The monoisotopic (exact) mass is 250 g/mol. The van der Waals surface area contributed by atoms with Crippen LogP contribution in [0.2, 0.25) is 0 Å². The van der Waals surface area contributed by atoms with Crippen molar-refractivity contribution in [2.24, 2.45) is 5.92 Å². The van der Waals surface area contributed by atoms with Crippen LogP contribution in [-0.2, 0) is 0 Å². The van der Waals surface area contributed by atoms with Gasteiger partial charge in [-0.25, -0.2) is 0 Å². The minimum Gasteiger partial charge on any atom is -0.372 e. The summed E-state index contributed by atoms with van der Waals surface area (Å²) in [4.78, 5) is 23.2. The summed E-state index contributed by atoms with van der Waals surface area (Å²) in [6.07, 6.45) is 0.533. The number of carbonyl (C=O) groups is 1. The fourth-order valence-electron chi connectivity index (χ4n) is 1.86. The summed E-state index contributed by atoms with van der Waals surface area (Å²) in [5.74, 6) is 0.486. The Hall–Kier alpha value is -1.91. The number of benzene rings is 1. The minimum absolute atomic E-state index is 0.125. The summed E-state index contributed by atoms with van der Waals surface area (Å²) in [6.45, 7) is 7.88. The van der Waals surface area contributed by atoms with Crippen LogP contribution in [-0.4, -0.2) is 24.3 Å². The van der Waals surface area contributed by atoms with Gasteiger partial charge in [0.1, 0.15) is 0 Å². The molecule has 5 nitrogen and oxygen atoms in total. The molecule has 0 aliphatic rings. The molecular formula is C13H18N2O3. The van der Waals surface area contributed by atoms with E-state index in [1.165, 1.54) is 6.07 Å². The van der Waals surface area contributed by atoms with Crippen LogP contribution in [0.15, 0.2) is 18.2 Å². The van der Waals surface area contributed by atoms with Gasteiger partial charge in [-0.3, -0.25) is 14.9 Å². The maximum Gasteiger partial charge on any atom is 0.280 e. The number of nitro benzene ring substituents is 1. The zero-order chi connectivity index (χ0) is 13.7. The van der Waals surface area contributed by atoms with Crippen LogP contribution in [0, 0.1) is 16.0 Å². The van der Waals surface area contributed by atoms with E-state index in [2.05, 4.69) is 18.7 Å². The third kappa shape index (κ3) is 3.29. The molecule has 0 spiro atoms. The highest BCUT2D eigenvalue weighted by Crippen LogP contribution is 2.24. The van der Waals surface area contributed by atoms with E-state index in [4.69, 9.17) is 0 Å². The van der Waals surface area contributed by atoms with Gasteiger partial charge in [0.15, 0.2) is 6.29 Å². The number of aldehydes is 1. The molecule has 0 radical (unpaired) electrons. The molecule has 0 heterocycles. The number of nitro groups is 1. The van der Waals surface area contributed by atoms with Crippen molar-refractivity contribution >= 4 is 17.7 Å². The molecule has 0 amide bonds. The van der Waals surface area contributed by atoms with Crippen LogP contribution in [0.4, 0.5) is 11.4 Å². The van der Waals surface area contributed by atoms with Crippen molar-refractivity contribution in [3.05, 3.63) is 33.9 Å². The molecule has 18 heavy (non-hydrogen) atoms. The van der Waals surface area contributed by atoms with Crippen molar-refractivity contribution in [2.45, 2.75) is 20.8 Å². The van der Waals surface area contributed by atoms with Crippen molar-refractivity contribution in [3.63, 3.8) is 0 Å². The van der Waals surface area contributed by atoms with Gasteiger partial charge in [0.2, 0.25) is 0 Å². The van der Waals surface area contributed by atoms with Crippen LogP contribution >= 0.6 is 0 Å². The van der Waals surface area contributed by atoms with Crippen LogP contribution in [0.25, 0.3) is 0 Å². The Morgan fingerprint density at radius 1 is 1.44 bits per heavy atom. The van der Waals surface area contributed by atoms with Gasteiger partial charge in [0.05, 0.1) is 10.5 Å². The number of anilines is 1. The molecule has 0 atom stereocenters. The lowest BCUT2D eigenvalue weighted by Gasteiger charge is -2.25. The predicted molar refractivity (Wildman–Crippen MR) is 71.2 cm³/mol. The summed E-state index contributed by atoms with van der Waals surface area (Å²) in [6, 6.07) is 4.66. The number of nitrogens with zero attached hydrogens (tertiary/aromatic N) is 2. The maximum atomic E-state index is 10.9. The molecule has 1 rings (SSSR count). The topological polar surface area (TPSA) is 63.4 Å². The van der Waals surface area contributed by atoms with E-state index in [-0.39, 0.29) is 11.3 Å². The summed E-state index contributed by atoms with van der Waals surface area (Å²) in [5.41, 5.74) is 0.827. The van der Waals surface area contributed by atoms with Crippen LogP contribution in [0.3, 0.4) is 0 Å². The van der Waals surface area contributed by atoms with Crippen LogP contribution in [0.1, 0.15) is 31.1 Å². The quantitative estimate of drug-likeness (QED) is 0.442. The lowest BCUT2D eigenvalue weighted by molar-refractivity contribution is -0.385. The van der Waals surface area contributed by atoms with Gasteiger partial charge in [0, 0.05) is 24.8 Å². The molecule has 0 saturated carbocycles. The van der Waals surface area contributed by atoms with Gasteiger partial charge in [0.25, 0.3) is 5.69 Å². The first-order valence-electron chi connectivity index (χ1n) is 5.98. The molecule has 0 aromatic heterocycles. The second-order valence-electron chi connectivity index (χ2n) is 4.55. The SMILES string of the molecule is CCN(CC(C)C)c1ccc([N+](=O)[O-])c(C=O)c1. The summed E-state index contributed by atoms with van der Waals surface area (Å²) < 4.78 is 0. The zero-order valence-electron chi connectivity index (χ0n) is 10.9. The molecule has 0 saturated heterocycles. The Bertz CT molecular complexity index is 444. The molecule has 0 unspecified atom stereocenters. The van der Waals surface area contributed by atoms with Crippen molar-refractivity contribution in [3.8, 4) is 0 Å². The van der Waals surface area contributed by atoms with E-state index >= 15 is 0 Å². The standard InChI is InChI=1S/C13H18N2O3/c1-4-14(8-10(2)3)12-5-6-13(15(17)18)11(7-12)9-16/h5-7,9-10H,4,8H2,1-3H3. The lowest BCUT2D eigenvalue weighted by atomic mass is 10.1. The first kappa shape index (κ1) is 14.2. The number of hydrogen-bond acceptors (Lipinski definition) is 4. The molecule has 1 aromatic carbocycles. The average Bonchev–Trinajstić information content (AvgIpc) is 2.34. The third-order valence-electron chi connectivity index (χ3n) is 2.67. The van der Waals surface area contributed by atoms with Gasteiger partial charge in [-0.2, -0.15) is 0 Å². The van der Waals surface area contributed by atoms with E-state index in [9.17, 15) is 14.9 Å². The van der Waals surface area contributed by atoms with Gasteiger partial charge in [-0.1, -0.05) is 13.8 Å². The molecule has 0 fully saturated rings. The first-order valence-corrected chi connectivity index (χ1v) is 5.98. The van der Waals surface area contributed by atoms with E-state index < -0.39 is 4.92 Å². The van der Waals surface area contributed by atoms with E-state index in [1.807, 2.05) is 6.92 Å². The lowest BCUT2D eigenvalue weighted by Crippen LogP contribution is -2.27. The molecule has 0 aliphatic carbocycles. The van der Waals surface area contributed by atoms with Crippen molar-refractivity contribution in [1.82, 2.24) is 0 Å². The van der Waals surface area contributed by atoms with E-state index in [0.717, 1.165) is 18.8 Å². The Kier molecular flexibility index (Phi) is 4.83. The summed E-state index contributed by atoms with van der Waals surface area (Å²) >= 11 is 0. The van der Waals surface area contributed by atoms with Crippen molar-refractivity contribution < 1.29 is 9.72 Å². The second kappa shape index (κ2) is 6.14. The molecule has 0 bridgehead atoms. The fourth-order valence-corrected chi connectivity index (χ4v) is 1.86. The maximum absolute atomic E-state index is 10.9. The molecular weight excluding hydrogens is 232 g/mol. The van der Waals surface area contributed by atoms with Crippen molar-refractivity contribution in [1.29, 1.82) is 0 Å². The van der Waals surface area contributed by atoms with E-state index in [1.54, 1.807) is 12.1 Å². The third-order valence-corrected chi connectivity index (χ3v) is 2.67. The Morgan fingerprint density at radius 3 is 2.56 bits per heavy atom. The summed E-state index contributed by atoms with van der Waals surface area (Å²) in [7, 11) is 0. The van der Waals surface area contributed by atoms with E-state index in [0.29, 0.717) is 12.2 Å². The molecule has 1 aromatic rings. The smallest absolute Gasteiger partial charge is 0.280 e. The fraction of sp³-hybridized carbons (Fsp3) is 0.462. The normalized spacial score (nSPS) is 10.4. The molecule has 5 heteroatoms. The Labute approximate surface area is 107 Å². The second-order valence-corrected chi connectivity index (χ2v) is 4.55. The highest BCUT2D eigenvalue weighted by atomic mass is 16.6. The summed E-state index contributed by atoms with van der Waals surface area (Å²) in [5, 5.41) is 10.7. The first-order chi connectivity index (χ1) is 8.49. The largest absolute Gasteiger partial charge is 0.372 e. The van der Waals surface area contributed by atoms with Crippen LogP contribution in [0.5, 0.6) is 0 Å². The van der Waals surface area contributed by atoms with Gasteiger partial charge in [-0.15, -0.1) is 0 Å². The average molecular weight is 250 g/mol. The predicted octanol–water partition coefficient (Wildman–Crippen LogP) is 2.89. The molecule has 0 N–H and O–H groups in total. The zero-order valence-corrected chi connectivity index (χ0v) is 10.9. The number of rotatable bonds is 6. The number of hydrogen-bond donors (Lipinski definition) is 0. The van der Waals surface area contributed by atoms with Gasteiger partial charge in [-0.05, 0) is 25.0 Å². The Balaban J connectivity index is 3.10. The highest BCUT2D eigenvalue weighted by molar-refractivity contribution is 5.83. The molecule has 0 aliphatic heterocycles. The van der Waals surface area contributed by atoms with Crippen LogP contribution < -0.4 is 4.90 Å². The number of carbonyl (C=O) groups excluding carboxylic acids is 1. The highest BCUT2D eigenvalue weighted by Gasteiger charge is 2.15. The van der Waals surface area contributed by atoms with Gasteiger partial charge < -0.3 is 4.90 Å². The van der Waals surface area contributed by atoms with Crippen molar-refractivity contribution in [2.75, 3.05) is 18.0 Å². The Morgan fingerprint density at radius 2 is 2.11 bits per heavy atom. The minimum atomic E-state index is -0.535. The van der Waals surface area contributed by atoms with Gasteiger partial charge >= 0.3 is 0 Å².